The van der Waals surface area contributed by atoms with E-state index in [2.05, 4.69) is 11.9 Å². The molecule has 0 unspecified atom stereocenters. The number of aryl methyl sites for hydroxylation is 1. The molecular formula is C14H11ClN2O. The molecule has 0 saturated heterocycles. The number of halogens is 1. The molecule has 0 fully saturated rings. The average molecular weight is 259 g/mol. The third kappa shape index (κ3) is 2.99. The van der Waals surface area contributed by atoms with Gasteiger partial charge in [0.05, 0.1) is 11.6 Å². The van der Waals surface area contributed by atoms with Crippen LogP contribution >= 0.6 is 11.6 Å². The van der Waals surface area contributed by atoms with Gasteiger partial charge in [-0.3, -0.25) is 0 Å². The molecule has 0 aliphatic heterocycles. The highest BCUT2D eigenvalue weighted by Crippen LogP contribution is 2.23. The molecule has 4 heteroatoms. The second-order valence-electron chi connectivity index (χ2n) is 3.73. The summed E-state index contributed by atoms with van der Waals surface area (Å²) in [6, 6.07) is 12.8. The number of hydrogen-bond donors (Lipinski definition) is 0. The highest BCUT2D eigenvalue weighted by Gasteiger charge is 2.03. The Hall–Kier alpha value is -2.05. The second kappa shape index (κ2) is 5.52. The van der Waals surface area contributed by atoms with Gasteiger partial charge in [0, 0.05) is 6.07 Å². The zero-order valence-electron chi connectivity index (χ0n) is 9.85. The Labute approximate surface area is 111 Å². The molecular weight excluding hydrogens is 248 g/mol. The van der Waals surface area contributed by atoms with E-state index < -0.39 is 0 Å². The smallest absolute Gasteiger partial charge is 0.221 e. The first-order valence-electron chi connectivity index (χ1n) is 5.55. The lowest BCUT2D eigenvalue weighted by atomic mass is 10.2. The molecule has 90 valence electrons. The lowest BCUT2D eigenvalue weighted by Gasteiger charge is -2.06. The molecule has 0 N–H and O–H groups in total. The van der Waals surface area contributed by atoms with Crippen molar-refractivity contribution in [2.24, 2.45) is 0 Å². The number of nitrogens with zero attached hydrogens (tertiary/aromatic N) is 2. The van der Waals surface area contributed by atoms with E-state index in [1.54, 1.807) is 6.07 Å². The van der Waals surface area contributed by atoms with Crippen molar-refractivity contribution in [1.82, 2.24) is 4.98 Å². The van der Waals surface area contributed by atoms with Crippen LogP contribution in [0.2, 0.25) is 5.15 Å². The predicted molar refractivity (Wildman–Crippen MR) is 69.9 cm³/mol. The van der Waals surface area contributed by atoms with Crippen molar-refractivity contribution in [3.63, 3.8) is 0 Å². The maximum Gasteiger partial charge on any atom is 0.221 e. The molecule has 0 aliphatic rings. The third-order valence-electron chi connectivity index (χ3n) is 2.45. The molecule has 0 spiro atoms. The summed E-state index contributed by atoms with van der Waals surface area (Å²) >= 11 is 5.80. The van der Waals surface area contributed by atoms with Crippen LogP contribution in [0, 0.1) is 11.3 Å². The fraction of sp³-hybridized carbons (Fsp3) is 0.143. The van der Waals surface area contributed by atoms with Gasteiger partial charge in [-0.15, -0.1) is 0 Å². The largest absolute Gasteiger partial charge is 0.439 e. The number of rotatable bonds is 3. The van der Waals surface area contributed by atoms with Gasteiger partial charge in [-0.05, 0) is 30.2 Å². The summed E-state index contributed by atoms with van der Waals surface area (Å²) in [7, 11) is 0. The van der Waals surface area contributed by atoms with E-state index in [4.69, 9.17) is 21.6 Å². The fourth-order valence-corrected chi connectivity index (χ4v) is 1.70. The maximum atomic E-state index is 8.83. The lowest BCUT2D eigenvalue weighted by molar-refractivity contribution is 0.462. The Morgan fingerprint density at radius 3 is 2.61 bits per heavy atom. The van der Waals surface area contributed by atoms with Gasteiger partial charge in [-0.25, -0.2) is 4.98 Å². The minimum Gasteiger partial charge on any atom is -0.439 e. The van der Waals surface area contributed by atoms with Gasteiger partial charge in [-0.1, -0.05) is 30.7 Å². The van der Waals surface area contributed by atoms with E-state index in [1.165, 1.54) is 11.6 Å². The zero-order chi connectivity index (χ0) is 13.0. The van der Waals surface area contributed by atoms with Crippen LogP contribution in [0.4, 0.5) is 0 Å². The highest BCUT2D eigenvalue weighted by molar-refractivity contribution is 6.29. The van der Waals surface area contributed by atoms with Crippen molar-refractivity contribution >= 4 is 11.6 Å². The van der Waals surface area contributed by atoms with Gasteiger partial charge in [0.15, 0.2) is 0 Å². The van der Waals surface area contributed by atoms with Crippen LogP contribution in [0.15, 0.2) is 36.4 Å². The Morgan fingerprint density at radius 1 is 1.28 bits per heavy atom. The Morgan fingerprint density at radius 2 is 2.00 bits per heavy atom. The van der Waals surface area contributed by atoms with E-state index in [0.717, 1.165) is 6.42 Å². The molecule has 0 bridgehead atoms. The zero-order valence-corrected chi connectivity index (χ0v) is 10.6. The van der Waals surface area contributed by atoms with Crippen LogP contribution in [0.5, 0.6) is 11.6 Å². The number of hydrogen-bond acceptors (Lipinski definition) is 3. The Kier molecular flexibility index (Phi) is 3.81. The third-order valence-corrected chi connectivity index (χ3v) is 2.65. The minimum atomic E-state index is 0.245. The quantitative estimate of drug-likeness (QED) is 0.783. The van der Waals surface area contributed by atoms with Crippen molar-refractivity contribution in [3.05, 3.63) is 52.7 Å². The first kappa shape index (κ1) is 12.4. The van der Waals surface area contributed by atoms with E-state index >= 15 is 0 Å². The first-order valence-corrected chi connectivity index (χ1v) is 5.93. The summed E-state index contributed by atoms with van der Waals surface area (Å²) in [6.07, 6.45) is 0.980. The monoisotopic (exact) mass is 258 g/mol. The van der Waals surface area contributed by atoms with Crippen LogP contribution < -0.4 is 4.74 Å². The molecule has 0 aliphatic carbocycles. The highest BCUT2D eigenvalue weighted by atomic mass is 35.5. The number of ether oxygens (including phenoxy) is 1. The van der Waals surface area contributed by atoms with Crippen LogP contribution in [-0.2, 0) is 6.42 Å². The summed E-state index contributed by atoms with van der Waals surface area (Å²) in [6.45, 7) is 2.09. The van der Waals surface area contributed by atoms with E-state index in [0.29, 0.717) is 17.2 Å². The predicted octanol–water partition coefficient (Wildman–Crippen LogP) is 3.96. The van der Waals surface area contributed by atoms with E-state index in [-0.39, 0.29) is 5.15 Å². The molecule has 2 aromatic rings. The number of aromatic nitrogens is 1. The van der Waals surface area contributed by atoms with Crippen molar-refractivity contribution in [2.45, 2.75) is 13.3 Å². The van der Waals surface area contributed by atoms with Crippen molar-refractivity contribution in [1.29, 1.82) is 5.26 Å². The molecule has 2 rings (SSSR count). The first-order chi connectivity index (χ1) is 8.71. The molecule has 0 radical (unpaired) electrons. The molecule has 0 atom stereocenters. The number of benzene rings is 1. The topological polar surface area (TPSA) is 45.9 Å². The Balaban J connectivity index is 2.22. The van der Waals surface area contributed by atoms with Gasteiger partial charge in [0.2, 0.25) is 5.88 Å². The molecule has 1 aromatic carbocycles. The number of nitriles is 1. The van der Waals surface area contributed by atoms with Gasteiger partial charge in [0.25, 0.3) is 0 Å². The molecule has 18 heavy (non-hydrogen) atoms. The summed E-state index contributed by atoms with van der Waals surface area (Å²) in [5, 5.41) is 9.07. The minimum absolute atomic E-state index is 0.245. The summed E-state index contributed by atoms with van der Waals surface area (Å²) in [5.41, 5.74) is 1.66. The average Bonchev–Trinajstić information content (AvgIpc) is 2.39. The molecule has 3 nitrogen and oxygen atoms in total. The van der Waals surface area contributed by atoms with Gasteiger partial charge in [-0.2, -0.15) is 5.26 Å². The summed E-state index contributed by atoms with van der Waals surface area (Å²) in [4.78, 5) is 4.01. The summed E-state index contributed by atoms with van der Waals surface area (Å²) < 4.78 is 5.55. The summed E-state index contributed by atoms with van der Waals surface area (Å²) in [5.74, 6) is 0.995. The van der Waals surface area contributed by atoms with Crippen LogP contribution in [0.1, 0.15) is 18.1 Å². The van der Waals surface area contributed by atoms with Crippen LogP contribution in [0.25, 0.3) is 0 Å². The molecule has 1 aromatic heterocycles. The maximum absolute atomic E-state index is 8.83. The lowest BCUT2D eigenvalue weighted by Crippen LogP contribution is -1.90. The van der Waals surface area contributed by atoms with Crippen LogP contribution in [0.3, 0.4) is 0 Å². The molecule has 0 amide bonds. The van der Waals surface area contributed by atoms with Crippen molar-refractivity contribution in [3.8, 4) is 17.7 Å². The Bertz CT molecular complexity index is 588. The van der Waals surface area contributed by atoms with Gasteiger partial charge in [0.1, 0.15) is 10.9 Å². The second-order valence-corrected chi connectivity index (χ2v) is 4.12. The molecule has 0 saturated carbocycles. The van der Waals surface area contributed by atoms with E-state index in [1.807, 2.05) is 30.3 Å². The SMILES string of the molecule is CCc1ccc(Oc2cc(C#N)cc(Cl)n2)cc1. The standard InChI is InChI=1S/C14H11ClN2O/c1-2-10-3-5-12(6-4-10)18-14-8-11(9-16)7-13(15)17-14/h3-8H,2H2,1H3. The normalized spacial score (nSPS) is 9.83. The van der Waals surface area contributed by atoms with E-state index in [9.17, 15) is 0 Å². The van der Waals surface area contributed by atoms with Crippen molar-refractivity contribution < 1.29 is 4.74 Å². The van der Waals surface area contributed by atoms with Gasteiger partial charge < -0.3 is 4.74 Å². The molecule has 1 heterocycles. The fourth-order valence-electron chi connectivity index (χ4n) is 1.50. The van der Waals surface area contributed by atoms with Crippen molar-refractivity contribution in [2.75, 3.05) is 0 Å². The number of pyridine rings is 1. The van der Waals surface area contributed by atoms with Crippen LogP contribution in [-0.4, -0.2) is 4.98 Å². The van der Waals surface area contributed by atoms with Gasteiger partial charge >= 0.3 is 0 Å².